The molecule has 1 fully saturated rings. The van der Waals surface area contributed by atoms with Gasteiger partial charge >= 0.3 is 0 Å². The zero-order valence-corrected chi connectivity index (χ0v) is 13.4. The largest absolute Gasteiger partial charge is 0.306 e. The van der Waals surface area contributed by atoms with Gasteiger partial charge in [0.1, 0.15) is 0 Å². The number of rotatable bonds is 3. The van der Waals surface area contributed by atoms with Crippen LogP contribution in [0.25, 0.3) is 0 Å². The van der Waals surface area contributed by atoms with Gasteiger partial charge in [0, 0.05) is 22.7 Å². The van der Waals surface area contributed by atoms with Crippen LogP contribution in [0.15, 0.2) is 12.1 Å². The predicted molar refractivity (Wildman–Crippen MR) is 80.0 cm³/mol. The highest BCUT2D eigenvalue weighted by Gasteiger charge is 2.37. The van der Waals surface area contributed by atoms with Gasteiger partial charge in [-0.05, 0) is 25.5 Å². The second-order valence-electron chi connectivity index (χ2n) is 5.08. The molecule has 1 aliphatic rings. The average Bonchev–Trinajstić information content (AvgIpc) is 2.59. The van der Waals surface area contributed by atoms with Crippen molar-refractivity contribution in [1.82, 2.24) is 5.32 Å². The lowest BCUT2D eigenvalue weighted by molar-refractivity contribution is 0.395. The van der Waals surface area contributed by atoms with Gasteiger partial charge in [-0.15, -0.1) is 0 Å². The van der Waals surface area contributed by atoms with E-state index in [1.807, 2.05) is 6.92 Å². The quantitative estimate of drug-likeness (QED) is 0.857. The highest BCUT2D eigenvalue weighted by Crippen LogP contribution is 2.32. The molecule has 0 aliphatic carbocycles. The van der Waals surface area contributed by atoms with E-state index in [2.05, 4.69) is 5.32 Å². The first-order valence-corrected chi connectivity index (χ1v) is 8.76. The zero-order valence-electron chi connectivity index (χ0n) is 10.3. The monoisotopic (exact) mass is 341 g/mol. The van der Waals surface area contributed by atoms with Crippen molar-refractivity contribution in [3.05, 3.63) is 32.8 Å². The third kappa shape index (κ3) is 3.56. The Bertz CT molecular complexity index is 603. The second kappa shape index (κ2) is 5.41. The van der Waals surface area contributed by atoms with Gasteiger partial charge in [0.25, 0.3) is 0 Å². The first-order valence-electron chi connectivity index (χ1n) is 5.80. The van der Waals surface area contributed by atoms with Crippen LogP contribution in [-0.4, -0.2) is 25.5 Å². The minimum Gasteiger partial charge on any atom is -0.306 e. The maximum Gasteiger partial charge on any atom is 0.152 e. The van der Waals surface area contributed by atoms with Crippen molar-refractivity contribution < 1.29 is 8.42 Å². The summed E-state index contributed by atoms with van der Waals surface area (Å²) in [6.45, 7) is 2.29. The summed E-state index contributed by atoms with van der Waals surface area (Å²) in [4.78, 5) is 0. The summed E-state index contributed by atoms with van der Waals surface area (Å²) in [5, 5.41) is 4.60. The van der Waals surface area contributed by atoms with Crippen LogP contribution < -0.4 is 5.32 Å². The van der Waals surface area contributed by atoms with Crippen molar-refractivity contribution in [2.45, 2.75) is 25.4 Å². The van der Waals surface area contributed by atoms with Gasteiger partial charge < -0.3 is 5.32 Å². The first kappa shape index (κ1) is 15.4. The number of hydrogen-bond donors (Lipinski definition) is 1. The third-order valence-corrected chi connectivity index (χ3v) is 6.43. The fraction of sp³-hybridized carbons (Fsp3) is 0.500. The Balaban J connectivity index is 2.14. The SMILES string of the molecule is CC1(NCc2c(Cl)ccc(Cl)c2Cl)CCS(=O)(=O)C1. The molecule has 0 saturated carbocycles. The lowest BCUT2D eigenvalue weighted by atomic mass is 10.0. The Labute approximate surface area is 128 Å². The first-order chi connectivity index (χ1) is 8.72. The molecule has 1 unspecified atom stereocenters. The lowest BCUT2D eigenvalue weighted by Gasteiger charge is -2.24. The number of sulfone groups is 1. The van der Waals surface area contributed by atoms with Gasteiger partial charge in [0.05, 0.1) is 21.6 Å². The molecule has 106 valence electrons. The summed E-state index contributed by atoms with van der Waals surface area (Å²) in [7, 11) is -2.94. The molecule has 1 aromatic carbocycles. The molecule has 1 N–H and O–H groups in total. The zero-order chi connectivity index (χ0) is 14.3. The summed E-state index contributed by atoms with van der Waals surface area (Å²) >= 11 is 18.1. The van der Waals surface area contributed by atoms with Crippen LogP contribution >= 0.6 is 34.8 Å². The average molecular weight is 343 g/mol. The Hall–Kier alpha value is -0.000000000000000167. The summed E-state index contributed by atoms with van der Waals surface area (Å²) in [6.07, 6.45) is 0.588. The van der Waals surface area contributed by atoms with Crippen molar-refractivity contribution in [1.29, 1.82) is 0 Å². The molecule has 19 heavy (non-hydrogen) atoms. The molecule has 1 atom stereocenters. The van der Waals surface area contributed by atoms with E-state index in [9.17, 15) is 8.42 Å². The smallest absolute Gasteiger partial charge is 0.152 e. The molecule has 0 spiro atoms. The second-order valence-corrected chi connectivity index (χ2v) is 8.45. The molecule has 1 aromatic rings. The van der Waals surface area contributed by atoms with E-state index in [0.717, 1.165) is 0 Å². The molecular weight excluding hydrogens is 329 g/mol. The van der Waals surface area contributed by atoms with Crippen LogP contribution in [0, 0.1) is 0 Å². The van der Waals surface area contributed by atoms with Crippen LogP contribution in [0.2, 0.25) is 15.1 Å². The lowest BCUT2D eigenvalue weighted by Crippen LogP contribution is -2.42. The summed E-state index contributed by atoms with van der Waals surface area (Å²) in [6, 6.07) is 3.32. The molecule has 7 heteroatoms. The third-order valence-electron chi connectivity index (χ3n) is 3.33. The van der Waals surface area contributed by atoms with Crippen molar-refractivity contribution in [2.75, 3.05) is 11.5 Å². The molecule has 1 aliphatic heterocycles. The van der Waals surface area contributed by atoms with Crippen LogP contribution in [0.4, 0.5) is 0 Å². The summed E-state index contributed by atoms with van der Waals surface area (Å²) < 4.78 is 23.1. The topological polar surface area (TPSA) is 46.2 Å². The Morgan fingerprint density at radius 3 is 2.47 bits per heavy atom. The van der Waals surface area contributed by atoms with E-state index in [1.165, 1.54) is 0 Å². The van der Waals surface area contributed by atoms with Crippen molar-refractivity contribution >= 4 is 44.6 Å². The maximum atomic E-state index is 11.5. The molecule has 0 radical (unpaired) electrons. The predicted octanol–water partition coefficient (Wildman–Crippen LogP) is 3.31. The van der Waals surface area contributed by atoms with Crippen molar-refractivity contribution in [3.63, 3.8) is 0 Å². The molecule has 1 heterocycles. The van der Waals surface area contributed by atoms with Crippen molar-refractivity contribution in [2.24, 2.45) is 0 Å². The van der Waals surface area contributed by atoms with Crippen LogP contribution in [0.3, 0.4) is 0 Å². The highest BCUT2D eigenvalue weighted by molar-refractivity contribution is 7.91. The van der Waals surface area contributed by atoms with Gasteiger partial charge in [-0.3, -0.25) is 0 Å². The van der Waals surface area contributed by atoms with Gasteiger partial charge in [0.2, 0.25) is 0 Å². The van der Waals surface area contributed by atoms with E-state index in [0.29, 0.717) is 33.6 Å². The Morgan fingerprint density at radius 2 is 1.89 bits per heavy atom. The van der Waals surface area contributed by atoms with Gasteiger partial charge in [-0.2, -0.15) is 0 Å². The number of nitrogens with one attached hydrogen (secondary N) is 1. The van der Waals surface area contributed by atoms with Gasteiger partial charge in [-0.25, -0.2) is 8.42 Å². The van der Waals surface area contributed by atoms with Gasteiger partial charge in [0.15, 0.2) is 9.84 Å². The minimum absolute atomic E-state index is 0.135. The summed E-state index contributed by atoms with van der Waals surface area (Å²) in [5.41, 5.74) is 0.259. The minimum atomic E-state index is -2.94. The Kier molecular flexibility index (Phi) is 4.38. The molecular formula is C12H14Cl3NO2S. The normalized spacial score (nSPS) is 25.7. The fourth-order valence-corrected chi connectivity index (χ4v) is 4.99. The number of halogens is 3. The van der Waals surface area contributed by atoms with E-state index in [4.69, 9.17) is 34.8 Å². The van der Waals surface area contributed by atoms with Crippen molar-refractivity contribution in [3.8, 4) is 0 Å². The van der Waals surface area contributed by atoms with Crippen LogP contribution in [0.1, 0.15) is 18.9 Å². The molecule has 2 rings (SSSR count). The van der Waals surface area contributed by atoms with Gasteiger partial charge in [-0.1, -0.05) is 34.8 Å². The number of benzene rings is 1. The standard InChI is InChI=1S/C12H14Cl3NO2S/c1-12(4-5-19(17,18)7-12)16-6-8-9(13)2-3-10(14)11(8)15/h2-3,16H,4-7H2,1H3. The van der Waals surface area contributed by atoms with E-state index in [1.54, 1.807) is 12.1 Å². The molecule has 0 aromatic heterocycles. The summed E-state index contributed by atoms with van der Waals surface area (Å²) in [5.74, 6) is 0.351. The van der Waals surface area contributed by atoms with E-state index >= 15 is 0 Å². The molecule has 3 nitrogen and oxygen atoms in total. The van der Waals surface area contributed by atoms with E-state index in [-0.39, 0.29) is 11.5 Å². The fourth-order valence-electron chi connectivity index (χ4n) is 2.18. The van der Waals surface area contributed by atoms with Crippen LogP contribution in [-0.2, 0) is 16.4 Å². The molecule has 0 bridgehead atoms. The number of hydrogen-bond acceptors (Lipinski definition) is 3. The highest BCUT2D eigenvalue weighted by atomic mass is 35.5. The Morgan fingerprint density at radius 1 is 1.26 bits per heavy atom. The maximum absolute atomic E-state index is 11.5. The van der Waals surface area contributed by atoms with Crippen LogP contribution in [0.5, 0.6) is 0 Å². The molecule has 1 saturated heterocycles. The molecule has 0 amide bonds. The van der Waals surface area contributed by atoms with E-state index < -0.39 is 15.4 Å².